The van der Waals surface area contributed by atoms with Gasteiger partial charge in [0.1, 0.15) is 18.1 Å². The van der Waals surface area contributed by atoms with E-state index in [-0.39, 0.29) is 12.3 Å². The maximum absolute atomic E-state index is 12.8. The van der Waals surface area contributed by atoms with Crippen molar-refractivity contribution in [1.82, 2.24) is 23.9 Å². The van der Waals surface area contributed by atoms with Gasteiger partial charge in [-0.25, -0.2) is 4.79 Å². The molecule has 0 fully saturated rings. The van der Waals surface area contributed by atoms with Crippen LogP contribution in [0.1, 0.15) is 0 Å². The van der Waals surface area contributed by atoms with E-state index in [1.165, 1.54) is 0 Å². The molecular weight excluding hydrogens is 346 g/mol. The molecule has 136 valence electrons. The number of pyridine rings is 1. The van der Waals surface area contributed by atoms with Crippen LogP contribution in [0.5, 0.6) is 11.5 Å². The fourth-order valence-corrected chi connectivity index (χ4v) is 3.74. The van der Waals surface area contributed by atoms with E-state index in [0.29, 0.717) is 22.7 Å². The van der Waals surface area contributed by atoms with Crippen molar-refractivity contribution in [2.24, 2.45) is 14.1 Å². The van der Waals surface area contributed by atoms with Crippen molar-refractivity contribution in [1.29, 1.82) is 0 Å². The third-order valence-electron chi connectivity index (χ3n) is 5.01. The third kappa shape index (κ3) is 1.95. The number of hydrogen-bond acceptors (Lipinski definition) is 5. The highest BCUT2D eigenvalue weighted by atomic mass is 16.5. The number of imidazole rings is 1. The molecule has 1 aliphatic heterocycles. The summed E-state index contributed by atoms with van der Waals surface area (Å²) in [6.07, 6.45) is 5.35. The van der Waals surface area contributed by atoms with E-state index in [4.69, 9.17) is 9.47 Å². The Morgan fingerprint density at radius 3 is 2.81 bits per heavy atom. The first-order valence-corrected chi connectivity index (χ1v) is 8.42. The smallest absolute Gasteiger partial charge is 0.333 e. The normalized spacial score (nSPS) is 13.4. The Hall–Kier alpha value is -3.55. The zero-order chi connectivity index (χ0) is 18.9. The highest BCUT2D eigenvalue weighted by Gasteiger charge is 2.27. The van der Waals surface area contributed by atoms with Crippen LogP contribution in [0, 0.1) is 0 Å². The fourth-order valence-electron chi connectivity index (χ4n) is 3.74. The molecule has 3 aromatic heterocycles. The van der Waals surface area contributed by atoms with Gasteiger partial charge in [0, 0.05) is 31.9 Å². The van der Waals surface area contributed by atoms with Gasteiger partial charge in [-0.3, -0.25) is 18.8 Å². The number of rotatable bonds is 2. The van der Waals surface area contributed by atoms with Crippen molar-refractivity contribution in [2.75, 3.05) is 13.7 Å². The number of hydrogen-bond donors (Lipinski definition) is 0. The summed E-state index contributed by atoms with van der Waals surface area (Å²) in [5, 5.41) is 5.04. The van der Waals surface area contributed by atoms with Crippen LogP contribution in [0.4, 0.5) is 0 Å². The van der Waals surface area contributed by atoms with Gasteiger partial charge < -0.3 is 9.47 Å². The van der Waals surface area contributed by atoms with Gasteiger partial charge in [-0.15, -0.1) is 0 Å². The molecule has 27 heavy (non-hydrogen) atoms. The number of aromatic nitrogens is 5. The molecule has 4 heterocycles. The lowest BCUT2D eigenvalue weighted by Crippen LogP contribution is -2.22. The predicted octanol–water partition coefficient (Wildman–Crippen LogP) is 2.16. The molecule has 4 aromatic rings. The lowest BCUT2D eigenvalue weighted by Gasteiger charge is -2.15. The van der Waals surface area contributed by atoms with Crippen molar-refractivity contribution in [3.63, 3.8) is 0 Å². The number of benzene rings is 1. The molecule has 0 unspecified atom stereocenters. The van der Waals surface area contributed by atoms with Crippen molar-refractivity contribution < 1.29 is 9.47 Å². The molecule has 0 aliphatic carbocycles. The van der Waals surface area contributed by atoms with E-state index >= 15 is 0 Å². The molecule has 0 amide bonds. The van der Waals surface area contributed by atoms with Crippen LogP contribution >= 0.6 is 0 Å². The van der Waals surface area contributed by atoms with E-state index in [2.05, 4.69) is 16.7 Å². The first kappa shape index (κ1) is 15.7. The van der Waals surface area contributed by atoms with Gasteiger partial charge in [0.25, 0.3) is 0 Å². The van der Waals surface area contributed by atoms with Crippen LogP contribution in [0.15, 0.2) is 36.0 Å². The zero-order valence-corrected chi connectivity index (χ0v) is 15.2. The maximum atomic E-state index is 12.8. The second-order valence-electron chi connectivity index (χ2n) is 6.60. The zero-order valence-electron chi connectivity index (χ0n) is 15.2. The molecule has 0 N–H and O–H groups in total. The van der Waals surface area contributed by atoms with Crippen molar-refractivity contribution in [3.05, 3.63) is 41.7 Å². The largest absolute Gasteiger partial charge is 0.496 e. The summed E-state index contributed by atoms with van der Waals surface area (Å²) in [7, 11) is 5.20. The molecule has 5 rings (SSSR count). The Morgan fingerprint density at radius 1 is 1.30 bits per heavy atom. The lowest BCUT2D eigenvalue weighted by molar-refractivity contribution is 0.366. The van der Waals surface area contributed by atoms with Crippen LogP contribution in [0.3, 0.4) is 0 Å². The van der Waals surface area contributed by atoms with Crippen LogP contribution in [0.25, 0.3) is 38.8 Å². The lowest BCUT2D eigenvalue weighted by atomic mass is 10.0. The van der Waals surface area contributed by atoms with Gasteiger partial charge in [0.15, 0.2) is 0 Å². The van der Waals surface area contributed by atoms with Crippen molar-refractivity contribution in [2.45, 2.75) is 0 Å². The quantitative estimate of drug-likeness (QED) is 0.545. The maximum Gasteiger partial charge on any atom is 0.333 e. The number of ether oxygens (including phenoxy) is 2. The van der Waals surface area contributed by atoms with Gasteiger partial charge in [-0.05, 0) is 0 Å². The molecule has 0 saturated carbocycles. The summed E-state index contributed by atoms with van der Waals surface area (Å²) in [4.78, 5) is 17.3. The van der Waals surface area contributed by atoms with Crippen LogP contribution in [0.2, 0.25) is 0 Å². The minimum absolute atomic E-state index is 0.167. The topological polar surface area (TPSA) is 76.1 Å². The van der Waals surface area contributed by atoms with E-state index in [1.54, 1.807) is 40.4 Å². The number of methoxy groups -OCH3 is 1. The first-order chi connectivity index (χ1) is 13.0. The minimum atomic E-state index is -0.167. The predicted molar refractivity (Wildman–Crippen MR) is 102 cm³/mol. The molecule has 0 spiro atoms. The Balaban J connectivity index is 2.05. The van der Waals surface area contributed by atoms with Crippen LogP contribution in [-0.4, -0.2) is 37.6 Å². The van der Waals surface area contributed by atoms with E-state index < -0.39 is 0 Å². The van der Waals surface area contributed by atoms with Gasteiger partial charge in [-0.2, -0.15) is 5.10 Å². The molecule has 1 aliphatic rings. The van der Waals surface area contributed by atoms with E-state index in [9.17, 15) is 4.79 Å². The van der Waals surface area contributed by atoms with Gasteiger partial charge >= 0.3 is 5.69 Å². The third-order valence-corrected chi connectivity index (χ3v) is 5.01. The van der Waals surface area contributed by atoms with E-state index in [1.807, 2.05) is 19.3 Å². The monoisotopic (exact) mass is 363 g/mol. The SMILES string of the molecule is C=C1COc2c(-c3cnn(C)c3)c(OC)cc3ncc4c(c23)n1c(=O)n4C. The summed E-state index contributed by atoms with van der Waals surface area (Å²) >= 11 is 0. The molecule has 0 bridgehead atoms. The second kappa shape index (κ2) is 5.23. The average molecular weight is 363 g/mol. The van der Waals surface area contributed by atoms with Crippen LogP contribution in [-0.2, 0) is 14.1 Å². The summed E-state index contributed by atoms with van der Waals surface area (Å²) in [6.45, 7) is 4.23. The fraction of sp³-hybridized carbons (Fsp3) is 0.211. The summed E-state index contributed by atoms with van der Waals surface area (Å²) in [6, 6.07) is 1.86. The second-order valence-corrected chi connectivity index (χ2v) is 6.60. The molecule has 8 heteroatoms. The summed E-state index contributed by atoms with van der Waals surface area (Å²) in [5.41, 5.74) is 4.21. The molecule has 0 saturated heterocycles. The minimum Gasteiger partial charge on any atom is -0.496 e. The van der Waals surface area contributed by atoms with Crippen molar-refractivity contribution >= 4 is 27.6 Å². The standard InChI is InChI=1S/C19H17N5O3/c1-10-9-27-18-15(11-6-21-22(2)8-11)14(26-4)5-12-16(18)17-13(7-20-12)23(3)19(25)24(10)17/h5-8H,1,9H2,2-4H3. The first-order valence-electron chi connectivity index (χ1n) is 8.42. The average Bonchev–Trinajstić information content (AvgIpc) is 3.15. The summed E-state index contributed by atoms with van der Waals surface area (Å²) in [5.74, 6) is 1.25. The molecule has 1 aromatic carbocycles. The highest BCUT2D eigenvalue weighted by molar-refractivity contribution is 6.11. The van der Waals surface area contributed by atoms with E-state index in [0.717, 1.165) is 27.5 Å². The Labute approximate surface area is 153 Å². The summed E-state index contributed by atoms with van der Waals surface area (Å²) < 4.78 is 16.7. The van der Waals surface area contributed by atoms with Crippen molar-refractivity contribution in [3.8, 4) is 22.6 Å². The number of aryl methyl sites for hydroxylation is 2. The Bertz CT molecular complexity index is 1330. The molecule has 0 radical (unpaired) electrons. The number of nitrogens with zero attached hydrogens (tertiary/aromatic N) is 5. The van der Waals surface area contributed by atoms with Crippen LogP contribution < -0.4 is 15.2 Å². The van der Waals surface area contributed by atoms with Gasteiger partial charge in [0.05, 0.1) is 52.7 Å². The van der Waals surface area contributed by atoms with Gasteiger partial charge in [-0.1, -0.05) is 6.58 Å². The Morgan fingerprint density at radius 2 is 2.11 bits per heavy atom. The Kier molecular flexibility index (Phi) is 3.04. The highest BCUT2D eigenvalue weighted by Crippen LogP contribution is 2.46. The van der Waals surface area contributed by atoms with Gasteiger partial charge in [0.2, 0.25) is 0 Å². The molecule has 8 nitrogen and oxygen atoms in total. The molecular formula is C19H17N5O3. The molecule has 0 atom stereocenters.